The summed E-state index contributed by atoms with van der Waals surface area (Å²) in [5, 5.41) is 0.871. The molecule has 0 radical (unpaired) electrons. The fourth-order valence-corrected chi connectivity index (χ4v) is 5.00. The molecule has 6 nitrogen and oxygen atoms in total. The van der Waals surface area contributed by atoms with Gasteiger partial charge in [-0.15, -0.1) is 11.3 Å². The Morgan fingerprint density at radius 3 is 2.46 bits per heavy atom. The zero-order valence-electron chi connectivity index (χ0n) is 14.3. The van der Waals surface area contributed by atoms with Gasteiger partial charge < -0.3 is 4.90 Å². The molecule has 1 aromatic carbocycles. The molecule has 3 aromatic rings. The molecular formula is C18H18N4O2S2. The number of thiazole rings is 1. The molecular weight excluding hydrogens is 368 g/mol. The van der Waals surface area contributed by atoms with E-state index >= 15 is 0 Å². The van der Waals surface area contributed by atoms with Crippen LogP contribution in [-0.2, 0) is 9.84 Å². The minimum Gasteiger partial charge on any atom is -0.369 e. The Hall–Kier alpha value is -2.32. The Balaban J connectivity index is 1.53. The molecule has 4 rings (SSSR count). The molecule has 0 bridgehead atoms. The molecule has 26 heavy (non-hydrogen) atoms. The van der Waals surface area contributed by atoms with Crippen LogP contribution in [0.5, 0.6) is 0 Å². The maximum absolute atomic E-state index is 11.6. The zero-order chi connectivity index (χ0) is 18.1. The summed E-state index contributed by atoms with van der Waals surface area (Å²) < 4.78 is 23.1. The molecule has 0 unspecified atom stereocenters. The fourth-order valence-electron chi connectivity index (χ4n) is 2.91. The van der Waals surface area contributed by atoms with Crippen molar-refractivity contribution in [3.05, 3.63) is 48.5 Å². The molecule has 1 aliphatic rings. The first kappa shape index (κ1) is 17.1. The normalized spacial score (nSPS) is 16.6. The molecule has 0 atom stereocenters. The predicted molar refractivity (Wildman–Crippen MR) is 104 cm³/mol. The maximum Gasteiger partial charge on any atom is 0.153 e. The van der Waals surface area contributed by atoms with Gasteiger partial charge in [-0.2, -0.15) is 0 Å². The van der Waals surface area contributed by atoms with Crippen molar-refractivity contribution >= 4 is 26.9 Å². The van der Waals surface area contributed by atoms with E-state index in [0.717, 1.165) is 32.7 Å². The SMILES string of the molecule is Cc1nccc(-c2ncc(-c3ccc(N4CCS(=O)(=O)CC4)cc3)s2)n1. The maximum atomic E-state index is 11.6. The van der Waals surface area contributed by atoms with E-state index in [1.807, 2.05) is 31.3 Å². The lowest BCUT2D eigenvalue weighted by Crippen LogP contribution is -2.40. The summed E-state index contributed by atoms with van der Waals surface area (Å²) in [7, 11) is -2.86. The van der Waals surface area contributed by atoms with E-state index < -0.39 is 9.84 Å². The van der Waals surface area contributed by atoms with Crippen LogP contribution in [0.2, 0.25) is 0 Å². The van der Waals surface area contributed by atoms with Gasteiger partial charge in [0, 0.05) is 31.2 Å². The lowest BCUT2D eigenvalue weighted by Gasteiger charge is -2.28. The Morgan fingerprint density at radius 1 is 1.04 bits per heavy atom. The highest BCUT2D eigenvalue weighted by molar-refractivity contribution is 7.91. The van der Waals surface area contributed by atoms with E-state index in [2.05, 4.69) is 32.0 Å². The Bertz CT molecular complexity index is 1020. The van der Waals surface area contributed by atoms with Crippen LogP contribution in [-0.4, -0.2) is 48.0 Å². The Morgan fingerprint density at radius 2 is 1.77 bits per heavy atom. The first-order chi connectivity index (χ1) is 12.5. The average Bonchev–Trinajstić information content (AvgIpc) is 3.12. The van der Waals surface area contributed by atoms with Crippen LogP contribution in [0.1, 0.15) is 5.82 Å². The summed E-state index contributed by atoms with van der Waals surface area (Å²) >= 11 is 1.59. The highest BCUT2D eigenvalue weighted by Crippen LogP contribution is 2.32. The van der Waals surface area contributed by atoms with Crippen LogP contribution < -0.4 is 4.90 Å². The molecule has 0 aliphatic carbocycles. The second kappa shape index (κ2) is 6.77. The van der Waals surface area contributed by atoms with E-state index in [-0.39, 0.29) is 11.5 Å². The zero-order valence-corrected chi connectivity index (χ0v) is 15.9. The van der Waals surface area contributed by atoms with Gasteiger partial charge in [0.1, 0.15) is 16.5 Å². The first-order valence-corrected chi connectivity index (χ1v) is 11.0. The molecule has 2 aromatic heterocycles. The fraction of sp³-hybridized carbons (Fsp3) is 0.278. The number of nitrogens with zero attached hydrogens (tertiary/aromatic N) is 4. The van der Waals surface area contributed by atoms with Crippen molar-refractivity contribution in [3.63, 3.8) is 0 Å². The van der Waals surface area contributed by atoms with E-state index in [1.54, 1.807) is 17.5 Å². The van der Waals surface area contributed by atoms with E-state index in [4.69, 9.17) is 0 Å². The molecule has 0 spiro atoms. The standard InChI is InChI=1S/C18H18N4O2S2/c1-13-19-7-6-16(21-13)18-20-12-17(25-18)14-2-4-15(5-3-14)22-8-10-26(23,24)11-9-22/h2-7,12H,8-11H2,1H3. The average molecular weight is 387 g/mol. The topological polar surface area (TPSA) is 76.1 Å². The van der Waals surface area contributed by atoms with Gasteiger partial charge in [0.15, 0.2) is 9.84 Å². The van der Waals surface area contributed by atoms with Crippen molar-refractivity contribution in [1.82, 2.24) is 15.0 Å². The van der Waals surface area contributed by atoms with Crippen LogP contribution >= 0.6 is 11.3 Å². The third kappa shape index (κ3) is 3.61. The van der Waals surface area contributed by atoms with Crippen molar-refractivity contribution < 1.29 is 8.42 Å². The van der Waals surface area contributed by atoms with Crippen molar-refractivity contribution in [2.24, 2.45) is 0 Å². The smallest absolute Gasteiger partial charge is 0.153 e. The number of hydrogen-bond acceptors (Lipinski definition) is 7. The van der Waals surface area contributed by atoms with Crippen LogP contribution in [0, 0.1) is 6.92 Å². The summed E-state index contributed by atoms with van der Waals surface area (Å²) in [6, 6.07) is 10.1. The lowest BCUT2D eigenvalue weighted by molar-refractivity contribution is 0.587. The largest absolute Gasteiger partial charge is 0.369 e. The van der Waals surface area contributed by atoms with Crippen molar-refractivity contribution in [3.8, 4) is 21.1 Å². The van der Waals surface area contributed by atoms with Gasteiger partial charge in [-0.25, -0.2) is 23.4 Å². The third-order valence-electron chi connectivity index (χ3n) is 4.36. The molecule has 1 saturated heterocycles. The Labute approximate surface area is 156 Å². The van der Waals surface area contributed by atoms with E-state index in [9.17, 15) is 8.42 Å². The van der Waals surface area contributed by atoms with Crippen LogP contribution in [0.4, 0.5) is 5.69 Å². The third-order valence-corrected chi connectivity index (χ3v) is 7.04. The van der Waals surface area contributed by atoms with Crippen molar-refractivity contribution in [1.29, 1.82) is 0 Å². The molecule has 8 heteroatoms. The first-order valence-electron chi connectivity index (χ1n) is 8.32. The molecule has 0 amide bonds. The summed E-state index contributed by atoms with van der Waals surface area (Å²) in [5.74, 6) is 1.18. The van der Waals surface area contributed by atoms with Crippen molar-refractivity contribution in [2.75, 3.05) is 29.5 Å². The minimum atomic E-state index is -2.86. The Kier molecular flexibility index (Phi) is 4.46. The number of benzene rings is 1. The minimum absolute atomic E-state index is 0.227. The van der Waals surface area contributed by atoms with Gasteiger partial charge in [-0.05, 0) is 30.7 Å². The molecule has 1 fully saturated rings. The highest BCUT2D eigenvalue weighted by atomic mass is 32.2. The van der Waals surface area contributed by atoms with Gasteiger partial charge in [0.05, 0.1) is 16.4 Å². The van der Waals surface area contributed by atoms with Gasteiger partial charge >= 0.3 is 0 Å². The van der Waals surface area contributed by atoms with Gasteiger partial charge in [-0.1, -0.05) is 12.1 Å². The van der Waals surface area contributed by atoms with Crippen molar-refractivity contribution in [2.45, 2.75) is 6.92 Å². The second-order valence-electron chi connectivity index (χ2n) is 6.20. The number of rotatable bonds is 3. The predicted octanol–water partition coefficient (Wildman–Crippen LogP) is 2.81. The molecule has 0 N–H and O–H groups in total. The van der Waals surface area contributed by atoms with Crippen LogP contribution in [0.3, 0.4) is 0 Å². The quantitative estimate of drug-likeness (QED) is 0.689. The molecule has 0 saturated carbocycles. The van der Waals surface area contributed by atoms with E-state index in [0.29, 0.717) is 13.1 Å². The number of sulfone groups is 1. The number of aromatic nitrogens is 3. The van der Waals surface area contributed by atoms with Gasteiger partial charge in [-0.3, -0.25) is 0 Å². The molecule has 1 aliphatic heterocycles. The number of hydrogen-bond donors (Lipinski definition) is 0. The summed E-state index contributed by atoms with van der Waals surface area (Å²) in [5.41, 5.74) is 2.98. The van der Waals surface area contributed by atoms with Crippen LogP contribution in [0.15, 0.2) is 42.7 Å². The van der Waals surface area contributed by atoms with E-state index in [1.165, 1.54) is 0 Å². The summed E-state index contributed by atoms with van der Waals surface area (Å²) in [4.78, 5) is 16.2. The molecule has 3 heterocycles. The number of anilines is 1. The monoisotopic (exact) mass is 386 g/mol. The molecule has 134 valence electrons. The van der Waals surface area contributed by atoms with Gasteiger partial charge in [0.2, 0.25) is 0 Å². The second-order valence-corrected chi connectivity index (χ2v) is 9.54. The lowest BCUT2D eigenvalue weighted by atomic mass is 10.2. The van der Waals surface area contributed by atoms with Gasteiger partial charge in [0.25, 0.3) is 0 Å². The number of aryl methyl sites for hydroxylation is 1. The summed E-state index contributed by atoms with van der Waals surface area (Å²) in [6.45, 7) is 2.97. The van der Waals surface area contributed by atoms with Crippen LogP contribution in [0.25, 0.3) is 21.1 Å². The highest BCUT2D eigenvalue weighted by Gasteiger charge is 2.21. The summed E-state index contributed by atoms with van der Waals surface area (Å²) in [6.07, 6.45) is 3.60.